The molecular weight excluding hydrogens is 328 g/mol. The highest BCUT2D eigenvalue weighted by Crippen LogP contribution is 2.81. The van der Waals surface area contributed by atoms with Crippen LogP contribution in [0.25, 0.3) is 0 Å². The summed E-state index contributed by atoms with van der Waals surface area (Å²) in [6.45, 7) is 2.41. The first kappa shape index (κ1) is 15.3. The Kier molecular flexibility index (Phi) is 2.69. The van der Waals surface area contributed by atoms with Crippen LogP contribution in [0.5, 0.6) is 5.75 Å². The lowest BCUT2D eigenvalue weighted by atomic mass is 9.77. The molecule has 3 spiro atoms. The number of benzene rings is 1. The predicted molar refractivity (Wildman–Crippen MR) is 97.8 cm³/mol. The lowest BCUT2D eigenvalue weighted by Gasteiger charge is -2.46. The Morgan fingerprint density at radius 3 is 2.85 bits per heavy atom. The fourth-order valence-corrected chi connectivity index (χ4v) is 7.66. The van der Waals surface area contributed by atoms with E-state index >= 15 is 0 Å². The summed E-state index contributed by atoms with van der Waals surface area (Å²) in [4.78, 5) is 17.7. The van der Waals surface area contributed by atoms with Gasteiger partial charge >= 0.3 is 6.09 Å². The molecule has 2 saturated carbocycles. The van der Waals surface area contributed by atoms with Crippen LogP contribution < -0.4 is 9.64 Å². The molecule has 3 aliphatic heterocycles. The minimum absolute atomic E-state index is 0.0608. The molecule has 4 fully saturated rings. The first-order chi connectivity index (χ1) is 12.6. The number of hydrogen-bond donors (Lipinski definition) is 0. The smallest absolute Gasteiger partial charge is 0.414 e. The molecule has 138 valence electrons. The van der Waals surface area contributed by atoms with Crippen LogP contribution in [0.2, 0.25) is 0 Å². The molecule has 1 aromatic rings. The summed E-state index contributed by atoms with van der Waals surface area (Å²) >= 11 is 0. The average molecular weight is 354 g/mol. The molecule has 26 heavy (non-hydrogen) atoms. The summed E-state index contributed by atoms with van der Waals surface area (Å²) < 4.78 is 10.8. The van der Waals surface area contributed by atoms with Gasteiger partial charge in [-0.1, -0.05) is 0 Å². The molecule has 1 amide bonds. The van der Waals surface area contributed by atoms with Crippen LogP contribution in [-0.4, -0.2) is 49.4 Å². The Hall–Kier alpha value is -1.75. The third-order valence-electron chi connectivity index (χ3n) is 8.61. The van der Waals surface area contributed by atoms with Gasteiger partial charge in [0.2, 0.25) is 0 Å². The number of amides is 1. The molecule has 2 saturated heterocycles. The monoisotopic (exact) mass is 354 g/mol. The quantitative estimate of drug-likeness (QED) is 0.776. The predicted octanol–water partition coefficient (Wildman–Crippen LogP) is 3.31. The fourth-order valence-electron chi connectivity index (χ4n) is 7.66. The average Bonchev–Trinajstić information content (AvgIpc) is 2.97. The highest BCUT2D eigenvalue weighted by atomic mass is 16.5. The lowest BCUT2D eigenvalue weighted by Crippen LogP contribution is -2.54. The van der Waals surface area contributed by atoms with E-state index in [1.807, 2.05) is 11.0 Å². The van der Waals surface area contributed by atoms with Crippen LogP contribution >= 0.6 is 0 Å². The summed E-state index contributed by atoms with van der Waals surface area (Å²) in [7, 11) is 3.23. The first-order valence-electron chi connectivity index (χ1n) is 9.95. The van der Waals surface area contributed by atoms with Crippen molar-refractivity contribution in [3.63, 3.8) is 0 Å². The third-order valence-corrected chi connectivity index (χ3v) is 8.61. The van der Waals surface area contributed by atoms with Crippen molar-refractivity contribution in [2.45, 2.75) is 55.0 Å². The molecule has 5 nitrogen and oxygen atoms in total. The van der Waals surface area contributed by atoms with Crippen molar-refractivity contribution in [1.29, 1.82) is 0 Å². The van der Waals surface area contributed by atoms with Crippen LogP contribution in [0.4, 0.5) is 10.5 Å². The van der Waals surface area contributed by atoms with Crippen molar-refractivity contribution in [2.75, 3.05) is 32.2 Å². The molecule has 1 aromatic carbocycles. The van der Waals surface area contributed by atoms with Crippen LogP contribution in [0, 0.1) is 5.92 Å². The van der Waals surface area contributed by atoms with Gasteiger partial charge in [0, 0.05) is 11.0 Å². The first-order valence-corrected chi connectivity index (χ1v) is 9.95. The molecule has 3 heterocycles. The van der Waals surface area contributed by atoms with E-state index in [1.165, 1.54) is 44.9 Å². The maximum Gasteiger partial charge on any atom is 0.414 e. The maximum atomic E-state index is 12.9. The lowest BCUT2D eigenvalue weighted by molar-refractivity contribution is 0.0807. The topological polar surface area (TPSA) is 42.0 Å². The Morgan fingerprint density at radius 1 is 1.15 bits per heavy atom. The number of fused-ring (bicyclic) bond motifs is 1. The number of hydrogen-bond acceptors (Lipinski definition) is 4. The molecule has 0 aromatic heterocycles. The normalized spacial score (nSPS) is 41.8. The van der Waals surface area contributed by atoms with Gasteiger partial charge in [-0.2, -0.15) is 0 Å². The van der Waals surface area contributed by atoms with Gasteiger partial charge in [-0.05, 0) is 81.3 Å². The van der Waals surface area contributed by atoms with Gasteiger partial charge in [-0.15, -0.1) is 0 Å². The van der Waals surface area contributed by atoms with Crippen molar-refractivity contribution in [3.8, 4) is 5.75 Å². The van der Waals surface area contributed by atoms with E-state index in [0.717, 1.165) is 30.8 Å². The van der Waals surface area contributed by atoms with Gasteiger partial charge in [0.05, 0.1) is 25.4 Å². The van der Waals surface area contributed by atoms with Gasteiger partial charge in [-0.25, -0.2) is 4.79 Å². The van der Waals surface area contributed by atoms with E-state index in [-0.39, 0.29) is 17.0 Å². The van der Waals surface area contributed by atoms with Crippen LogP contribution in [0.1, 0.15) is 44.1 Å². The molecular formula is C21H26N2O3. The zero-order valence-electron chi connectivity index (χ0n) is 15.6. The van der Waals surface area contributed by atoms with Crippen LogP contribution in [0.15, 0.2) is 18.2 Å². The maximum absolute atomic E-state index is 12.9. The van der Waals surface area contributed by atoms with Gasteiger partial charge in [0.25, 0.3) is 0 Å². The standard InChI is InChI=1S/C21H26N2O3/c1-25-14-4-5-16-15(12-14)20-9-11-22-10-3-6-19(22)7-8-21(20,17(20)13-19)23(16)18(24)26-2/h4-5,12,17H,3,6-11,13H2,1-2H3/t17-,19+,20-,21+/m0/s1. The van der Waals surface area contributed by atoms with E-state index in [9.17, 15) is 4.79 Å². The summed E-state index contributed by atoms with van der Waals surface area (Å²) in [5.74, 6) is 1.45. The van der Waals surface area contributed by atoms with Crippen molar-refractivity contribution in [3.05, 3.63) is 23.8 Å². The third kappa shape index (κ3) is 1.38. The molecule has 5 heteroatoms. The summed E-state index contributed by atoms with van der Waals surface area (Å²) in [5.41, 5.74) is 2.80. The fraction of sp³-hybridized carbons (Fsp3) is 0.667. The number of anilines is 1. The zero-order valence-corrected chi connectivity index (χ0v) is 15.6. The Balaban J connectivity index is 1.55. The van der Waals surface area contributed by atoms with Gasteiger partial charge in [0.1, 0.15) is 5.75 Å². The SMILES string of the molecule is COC(=O)N1c2ccc(OC)cc2[C@]23CCN4CCC[C@]45CC[C@]12[C@H]3C5. The second-order valence-corrected chi connectivity index (χ2v) is 8.91. The number of carbonyl (C=O) groups is 1. The highest BCUT2D eigenvalue weighted by molar-refractivity contribution is 5.97. The second kappa shape index (κ2) is 4.56. The number of rotatable bonds is 1. The zero-order chi connectivity index (χ0) is 17.7. The van der Waals surface area contributed by atoms with Crippen molar-refractivity contribution in [1.82, 2.24) is 4.90 Å². The molecule has 2 bridgehead atoms. The van der Waals surface area contributed by atoms with Crippen molar-refractivity contribution < 1.29 is 14.3 Å². The minimum Gasteiger partial charge on any atom is -0.497 e. The van der Waals surface area contributed by atoms with E-state index < -0.39 is 0 Å². The Labute approximate surface area is 154 Å². The summed E-state index contributed by atoms with van der Waals surface area (Å²) in [6.07, 6.45) is 7.16. The van der Waals surface area contributed by atoms with E-state index in [2.05, 4.69) is 17.0 Å². The second-order valence-electron chi connectivity index (χ2n) is 8.91. The van der Waals surface area contributed by atoms with E-state index in [0.29, 0.717) is 11.5 Å². The van der Waals surface area contributed by atoms with Gasteiger partial charge in [0.15, 0.2) is 0 Å². The molecule has 0 radical (unpaired) electrons. The number of carbonyl (C=O) groups excluding carboxylic acids is 1. The van der Waals surface area contributed by atoms with Crippen LogP contribution in [-0.2, 0) is 10.2 Å². The van der Waals surface area contributed by atoms with Gasteiger partial charge < -0.3 is 9.47 Å². The number of ether oxygens (including phenoxy) is 2. The molecule has 2 aliphatic carbocycles. The largest absolute Gasteiger partial charge is 0.497 e. The van der Waals surface area contributed by atoms with Crippen molar-refractivity contribution in [2.24, 2.45) is 5.92 Å². The highest BCUT2D eigenvalue weighted by Gasteiger charge is 2.86. The summed E-state index contributed by atoms with van der Waals surface area (Å²) in [6, 6.07) is 6.23. The number of nitrogens with zero attached hydrogens (tertiary/aromatic N) is 2. The van der Waals surface area contributed by atoms with Gasteiger partial charge in [-0.3, -0.25) is 9.80 Å². The minimum atomic E-state index is -0.194. The number of methoxy groups -OCH3 is 2. The Morgan fingerprint density at radius 2 is 2.04 bits per heavy atom. The van der Waals surface area contributed by atoms with Crippen molar-refractivity contribution >= 4 is 11.8 Å². The molecule has 0 unspecified atom stereocenters. The molecule has 4 atom stereocenters. The summed E-state index contributed by atoms with van der Waals surface area (Å²) in [5, 5.41) is 0. The van der Waals surface area contributed by atoms with E-state index in [4.69, 9.17) is 9.47 Å². The Bertz CT molecular complexity index is 825. The molecule has 5 aliphatic rings. The molecule has 6 rings (SSSR count). The van der Waals surface area contributed by atoms with E-state index in [1.54, 1.807) is 7.11 Å². The van der Waals surface area contributed by atoms with Crippen LogP contribution in [0.3, 0.4) is 0 Å². The molecule has 0 N–H and O–H groups in total.